The van der Waals surface area contributed by atoms with Crippen LogP contribution in [0.25, 0.3) is 0 Å². The van der Waals surface area contributed by atoms with Gasteiger partial charge in [0.1, 0.15) is 0 Å². The minimum atomic E-state index is -0.668. The van der Waals surface area contributed by atoms with E-state index >= 15 is 0 Å². The standard InChI is InChI=1S/C11H11FN4OS/c1-6(13)9-5-18-11(15-9)16-10(17)7-2-3-14-4-8(7)12/h2-6H,13H2,1H3,(H,15,16,17). The van der Waals surface area contributed by atoms with Gasteiger partial charge in [-0.2, -0.15) is 0 Å². The molecule has 0 fully saturated rings. The lowest BCUT2D eigenvalue weighted by Gasteiger charge is -2.02. The van der Waals surface area contributed by atoms with Gasteiger partial charge in [0.2, 0.25) is 0 Å². The van der Waals surface area contributed by atoms with E-state index in [4.69, 9.17) is 5.73 Å². The molecule has 3 N–H and O–H groups in total. The number of nitrogens with one attached hydrogen (secondary N) is 1. The molecule has 0 bridgehead atoms. The Morgan fingerprint density at radius 2 is 2.39 bits per heavy atom. The van der Waals surface area contributed by atoms with Gasteiger partial charge in [0, 0.05) is 17.6 Å². The maximum Gasteiger partial charge on any atom is 0.260 e. The molecule has 94 valence electrons. The smallest absolute Gasteiger partial charge is 0.260 e. The van der Waals surface area contributed by atoms with Crippen LogP contribution in [-0.2, 0) is 0 Å². The van der Waals surface area contributed by atoms with Gasteiger partial charge in [0.15, 0.2) is 10.9 Å². The highest BCUT2D eigenvalue weighted by Crippen LogP contribution is 2.20. The number of pyridine rings is 1. The van der Waals surface area contributed by atoms with Crippen LogP contribution in [0.15, 0.2) is 23.8 Å². The van der Waals surface area contributed by atoms with Gasteiger partial charge in [-0.1, -0.05) is 0 Å². The maximum atomic E-state index is 13.3. The Morgan fingerprint density at radius 1 is 1.61 bits per heavy atom. The molecule has 0 spiro atoms. The molecule has 7 heteroatoms. The van der Waals surface area contributed by atoms with Gasteiger partial charge in [0.25, 0.3) is 5.91 Å². The molecule has 0 saturated carbocycles. The minimum Gasteiger partial charge on any atom is -0.323 e. The first kappa shape index (κ1) is 12.6. The van der Waals surface area contributed by atoms with E-state index < -0.39 is 11.7 Å². The molecule has 2 heterocycles. The second-order valence-electron chi connectivity index (χ2n) is 3.68. The second-order valence-corrected chi connectivity index (χ2v) is 4.53. The molecule has 5 nitrogen and oxygen atoms in total. The molecular formula is C11H11FN4OS. The SMILES string of the molecule is CC(N)c1csc(NC(=O)c2ccncc2F)n1. The number of thiazole rings is 1. The first-order chi connectivity index (χ1) is 8.58. The number of carbonyl (C=O) groups excluding carboxylic acids is 1. The first-order valence-electron chi connectivity index (χ1n) is 5.20. The van der Waals surface area contributed by atoms with E-state index in [0.717, 1.165) is 6.20 Å². The van der Waals surface area contributed by atoms with Gasteiger partial charge >= 0.3 is 0 Å². The Hall–Kier alpha value is -1.86. The van der Waals surface area contributed by atoms with Crippen LogP contribution in [0.5, 0.6) is 0 Å². The maximum absolute atomic E-state index is 13.3. The summed E-state index contributed by atoms with van der Waals surface area (Å²) in [5.41, 5.74) is 6.27. The average Bonchev–Trinajstić information content (AvgIpc) is 2.78. The van der Waals surface area contributed by atoms with Gasteiger partial charge in [-0.3, -0.25) is 15.1 Å². The molecule has 18 heavy (non-hydrogen) atoms. The van der Waals surface area contributed by atoms with E-state index in [0.29, 0.717) is 10.8 Å². The molecule has 1 amide bonds. The van der Waals surface area contributed by atoms with Crippen molar-refractivity contribution < 1.29 is 9.18 Å². The summed E-state index contributed by atoms with van der Waals surface area (Å²) in [5, 5.41) is 4.66. The fraction of sp³-hybridized carbons (Fsp3) is 0.182. The van der Waals surface area contributed by atoms with Crippen molar-refractivity contribution in [2.45, 2.75) is 13.0 Å². The molecule has 0 aliphatic carbocycles. The van der Waals surface area contributed by atoms with Crippen LogP contribution < -0.4 is 11.1 Å². The molecule has 1 unspecified atom stereocenters. The zero-order valence-corrected chi connectivity index (χ0v) is 10.4. The summed E-state index contributed by atoms with van der Waals surface area (Å²) in [7, 11) is 0. The summed E-state index contributed by atoms with van der Waals surface area (Å²) in [6, 6.07) is 1.11. The van der Waals surface area contributed by atoms with Gasteiger partial charge in [-0.15, -0.1) is 11.3 Å². The summed E-state index contributed by atoms with van der Waals surface area (Å²) >= 11 is 1.25. The largest absolute Gasteiger partial charge is 0.323 e. The van der Waals surface area contributed by atoms with Crippen LogP contribution in [0.1, 0.15) is 29.0 Å². The highest BCUT2D eigenvalue weighted by atomic mass is 32.1. The second kappa shape index (κ2) is 5.19. The van der Waals surface area contributed by atoms with Crippen molar-refractivity contribution in [2.24, 2.45) is 5.73 Å². The Labute approximate surface area is 107 Å². The zero-order valence-electron chi connectivity index (χ0n) is 9.55. The van der Waals surface area contributed by atoms with E-state index in [1.807, 2.05) is 0 Å². The fourth-order valence-corrected chi connectivity index (χ4v) is 2.09. The summed E-state index contributed by atoms with van der Waals surface area (Å²) in [6.07, 6.45) is 2.34. The number of amides is 1. The molecule has 0 aliphatic rings. The van der Waals surface area contributed by atoms with Crippen LogP contribution in [0.3, 0.4) is 0 Å². The molecule has 2 aromatic heterocycles. The predicted molar refractivity (Wildman–Crippen MR) is 66.9 cm³/mol. The summed E-state index contributed by atoms with van der Waals surface area (Å²) < 4.78 is 13.3. The summed E-state index contributed by atoms with van der Waals surface area (Å²) in [6.45, 7) is 1.79. The lowest BCUT2D eigenvalue weighted by Crippen LogP contribution is -2.14. The van der Waals surface area contributed by atoms with Crippen molar-refractivity contribution in [1.29, 1.82) is 0 Å². The highest BCUT2D eigenvalue weighted by molar-refractivity contribution is 7.14. The number of nitrogens with two attached hydrogens (primary N) is 1. The monoisotopic (exact) mass is 266 g/mol. The van der Waals surface area contributed by atoms with Crippen molar-refractivity contribution in [3.05, 3.63) is 40.9 Å². The van der Waals surface area contributed by atoms with Crippen LogP contribution in [0.2, 0.25) is 0 Å². The Bertz CT molecular complexity index is 570. The van der Waals surface area contributed by atoms with Gasteiger partial charge in [0.05, 0.1) is 17.5 Å². The zero-order chi connectivity index (χ0) is 13.1. The van der Waals surface area contributed by atoms with Crippen molar-refractivity contribution in [3.63, 3.8) is 0 Å². The van der Waals surface area contributed by atoms with E-state index in [1.165, 1.54) is 23.6 Å². The number of rotatable bonds is 3. The Balaban J connectivity index is 2.14. The number of anilines is 1. The number of hydrogen-bond acceptors (Lipinski definition) is 5. The van der Waals surface area contributed by atoms with Crippen molar-refractivity contribution >= 4 is 22.4 Å². The molecule has 2 rings (SSSR count). The van der Waals surface area contributed by atoms with E-state index in [9.17, 15) is 9.18 Å². The molecule has 0 saturated heterocycles. The topological polar surface area (TPSA) is 80.9 Å². The molecule has 2 aromatic rings. The fourth-order valence-electron chi connectivity index (χ4n) is 1.28. The van der Waals surface area contributed by atoms with Crippen molar-refractivity contribution in [2.75, 3.05) is 5.32 Å². The molecule has 1 atom stereocenters. The third-order valence-corrected chi connectivity index (χ3v) is 3.00. The Morgan fingerprint density at radius 3 is 3.00 bits per heavy atom. The molecule has 0 aromatic carbocycles. The summed E-state index contributed by atoms with van der Waals surface area (Å²) in [5.74, 6) is -1.22. The minimum absolute atomic E-state index is 0.0671. The lowest BCUT2D eigenvalue weighted by atomic mass is 10.2. The number of carbonyl (C=O) groups is 1. The number of nitrogens with zero attached hydrogens (tertiary/aromatic N) is 2. The molecular weight excluding hydrogens is 255 g/mol. The number of aromatic nitrogens is 2. The normalized spacial score (nSPS) is 12.2. The molecule has 0 aliphatic heterocycles. The van der Waals surface area contributed by atoms with E-state index in [1.54, 1.807) is 12.3 Å². The van der Waals surface area contributed by atoms with Crippen LogP contribution in [0.4, 0.5) is 9.52 Å². The van der Waals surface area contributed by atoms with Gasteiger partial charge in [-0.25, -0.2) is 9.37 Å². The quantitative estimate of drug-likeness (QED) is 0.889. The van der Waals surface area contributed by atoms with E-state index in [-0.39, 0.29) is 11.6 Å². The van der Waals surface area contributed by atoms with Crippen LogP contribution >= 0.6 is 11.3 Å². The summed E-state index contributed by atoms with van der Waals surface area (Å²) in [4.78, 5) is 19.5. The molecule has 0 radical (unpaired) electrons. The third-order valence-electron chi connectivity index (χ3n) is 2.23. The van der Waals surface area contributed by atoms with Crippen LogP contribution in [-0.4, -0.2) is 15.9 Å². The number of hydrogen-bond donors (Lipinski definition) is 2. The average molecular weight is 266 g/mol. The lowest BCUT2D eigenvalue weighted by molar-refractivity contribution is 0.102. The van der Waals surface area contributed by atoms with Gasteiger partial charge in [-0.05, 0) is 13.0 Å². The van der Waals surface area contributed by atoms with E-state index in [2.05, 4.69) is 15.3 Å². The third kappa shape index (κ3) is 2.69. The Kier molecular flexibility index (Phi) is 3.63. The number of halogens is 1. The highest BCUT2D eigenvalue weighted by Gasteiger charge is 2.13. The first-order valence-corrected chi connectivity index (χ1v) is 6.07. The van der Waals surface area contributed by atoms with Crippen molar-refractivity contribution in [1.82, 2.24) is 9.97 Å². The van der Waals surface area contributed by atoms with Crippen LogP contribution in [0, 0.1) is 5.82 Å². The van der Waals surface area contributed by atoms with Crippen molar-refractivity contribution in [3.8, 4) is 0 Å². The predicted octanol–water partition coefficient (Wildman–Crippen LogP) is 1.95. The van der Waals surface area contributed by atoms with Gasteiger partial charge < -0.3 is 5.73 Å².